The molecule has 5 heteroatoms. The molecule has 0 saturated heterocycles. The SMILES string of the molecule is Cc1cc(Nc2cccc3ccccc23)c2c(ccc3ncnc32)[nH]1.Cl. The Morgan fingerprint density at radius 2 is 1.73 bits per heavy atom. The minimum atomic E-state index is 0. The van der Waals surface area contributed by atoms with Crippen molar-refractivity contribution in [3.63, 3.8) is 0 Å². The number of fused-ring (bicyclic) bond motifs is 4. The van der Waals surface area contributed by atoms with Crippen LogP contribution < -0.4 is 5.32 Å². The lowest BCUT2D eigenvalue weighted by molar-refractivity contribution is 1.26. The van der Waals surface area contributed by atoms with E-state index in [0.29, 0.717) is 0 Å². The van der Waals surface area contributed by atoms with Gasteiger partial charge in [0.2, 0.25) is 0 Å². The minimum Gasteiger partial charge on any atom is -0.358 e. The third-order valence-corrected chi connectivity index (χ3v) is 4.56. The second-order valence-corrected chi connectivity index (χ2v) is 6.25. The van der Waals surface area contributed by atoms with Gasteiger partial charge in [-0.2, -0.15) is 0 Å². The average molecular weight is 361 g/mol. The monoisotopic (exact) mass is 360 g/mol. The fourth-order valence-corrected chi connectivity index (χ4v) is 3.46. The molecule has 0 radical (unpaired) electrons. The molecule has 5 aromatic rings. The fourth-order valence-electron chi connectivity index (χ4n) is 3.46. The van der Waals surface area contributed by atoms with Gasteiger partial charge in [-0.1, -0.05) is 36.4 Å². The number of aryl methyl sites for hydroxylation is 1. The molecule has 0 bridgehead atoms. The number of halogens is 1. The second-order valence-electron chi connectivity index (χ2n) is 6.25. The number of benzene rings is 3. The molecule has 0 aliphatic carbocycles. The maximum absolute atomic E-state index is 4.47. The molecule has 4 nitrogen and oxygen atoms in total. The molecule has 0 aliphatic rings. The number of hydrogen-bond acceptors (Lipinski definition) is 3. The van der Waals surface area contributed by atoms with Gasteiger partial charge in [0, 0.05) is 27.7 Å². The summed E-state index contributed by atoms with van der Waals surface area (Å²) in [5.41, 5.74) is 6.09. The van der Waals surface area contributed by atoms with E-state index >= 15 is 0 Å². The predicted octanol–water partition coefficient (Wildman–Crippen LogP) is 5.74. The van der Waals surface area contributed by atoms with E-state index < -0.39 is 0 Å². The quantitative estimate of drug-likeness (QED) is 0.422. The van der Waals surface area contributed by atoms with Gasteiger partial charge in [-0.05, 0) is 36.6 Å². The number of anilines is 2. The van der Waals surface area contributed by atoms with Gasteiger partial charge in [-0.3, -0.25) is 0 Å². The maximum Gasteiger partial charge on any atom is 0.116 e. The number of nitrogens with one attached hydrogen (secondary N) is 2. The Balaban J connectivity index is 0.00000168. The zero-order valence-corrected chi connectivity index (χ0v) is 15.0. The normalized spacial score (nSPS) is 11.0. The summed E-state index contributed by atoms with van der Waals surface area (Å²) in [6.45, 7) is 2.06. The first-order chi connectivity index (χ1) is 12.3. The van der Waals surface area contributed by atoms with Crippen molar-refractivity contribution >= 4 is 56.5 Å². The highest BCUT2D eigenvalue weighted by Crippen LogP contribution is 2.33. The summed E-state index contributed by atoms with van der Waals surface area (Å²) in [5.74, 6) is 0. The van der Waals surface area contributed by atoms with Gasteiger partial charge in [0.1, 0.15) is 11.8 Å². The Hall–Kier alpha value is -3.11. The topological polar surface area (TPSA) is 53.6 Å². The molecule has 26 heavy (non-hydrogen) atoms. The molecule has 5 rings (SSSR count). The summed E-state index contributed by atoms with van der Waals surface area (Å²) < 4.78 is 0. The second kappa shape index (κ2) is 6.32. The van der Waals surface area contributed by atoms with Gasteiger partial charge in [0.15, 0.2) is 0 Å². The zero-order chi connectivity index (χ0) is 16.8. The van der Waals surface area contributed by atoms with Crippen molar-refractivity contribution in [3.8, 4) is 0 Å². The summed E-state index contributed by atoms with van der Waals surface area (Å²) in [6.07, 6.45) is 1.62. The Morgan fingerprint density at radius 1 is 0.885 bits per heavy atom. The molecule has 0 spiro atoms. The number of nitrogens with zero attached hydrogens (tertiary/aromatic N) is 2. The average Bonchev–Trinajstić information content (AvgIpc) is 3.10. The predicted molar refractivity (Wildman–Crippen MR) is 111 cm³/mol. The number of imidazole rings is 1. The molecule has 2 heterocycles. The number of aromatic amines is 1. The van der Waals surface area contributed by atoms with Crippen molar-refractivity contribution < 1.29 is 0 Å². The van der Waals surface area contributed by atoms with Crippen LogP contribution in [-0.2, 0) is 0 Å². The molecule has 0 unspecified atom stereocenters. The molecule has 0 fully saturated rings. The summed E-state index contributed by atoms with van der Waals surface area (Å²) in [6, 6.07) is 20.9. The number of H-pyrrole nitrogens is 1. The molecule has 128 valence electrons. The molecule has 0 saturated carbocycles. The van der Waals surface area contributed by atoms with E-state index in [1.165, 1.54) is 10.8 Å². The minimum absolute atomic E-state index is 0. The lowest BCUT2D eigenvalue weighted by Gasteiger charge is -2.14. The first kappa shape index (κ1) is 16.4. The summed E-state index contributed by atoms with van der Waals surface area (Å²) >= 11 is 0. The van der Waals surface area contributed by atoms with E-state index in [9.17, 15) is 0 Å². The van der Waals surface area contributed by atoms with Crippen molar-refractivity contribution in [1.29, 1.82) is 0 Å². The number of pyridine rings is 1. The van der Waals surface area contributed by atoms with Crippen LogP contribution in [-0.4, -0.2) is 15.0 Å². The third-order valence-electron chi connectivity index (χ3n) is 4.56. The van der Waals surface area contributed by atoms with E-state index in [-0.39, 0.29) is 12.4 Å². The van der Waals surface area contributed by atoms with Crippen molar-refractivity contribution in [2.45, 2.75) is 6.92 Å². The molecule has 2 N–H and O–H groups in total. The van der Waals surface area contributed by atoms with Crippen molar-refractivity contribution in [2.75, 3.05) is 5.32 Å². The first-order valence-electron chi connectivity index (χ1n) is 8.27. The van der Waals surface area contributed by atoms with Gasteiger partial charge < -0.3 is 10.3 Å². The number of rotatable bonds is 2. The van der Waals surface area contributed by atoms with Crippen LogP contribution in [0, 0.1) is 6.92 Å². The van der Waals surface area contributed by atoms with Gasteiger partial charge in [0.05, 0.1) is 11.2 Å². The highest BCUT2D eigenvalue weighted by Gasteiger charge is 2.11. The molecule has 3 aromatic carbocycles. The first-order valence-corrected chi connectivity index (χ1v) is 8.27. The van der Waals surface area contributed by atoms with Crippen LogP contribution >= 0.6 is 12.4 Å². The highest BCUT2D eigenvalue weighted by molar-refractivity contribution is 6.11. The number of hydrogen-bond donors (Lipinski definition) is 2. The molecule has 0 amide bonds. The molecular formula is C21H17ClN4. The van der Waals surface area contributed by atoms with Crippen LogP contribution in [0.5, 0.6) is 0 Å². The lowest BCUT2D eigenvalue weighted by Crippen LogP contribution is -1.96. The standard InChI is InChI=1S/C21H16N4.ClH/c1-13-11-19(20-17(24-13)9-10-18-21(20)23-12-22-18)25-16-8-4-6-14-5-2-3-7-15(14)16;/h2-12,24-25H,1H3;1H. The molecule has 0 atom stereocenters. The van der Waals surface area contributed by atoms with E-state index in [4.69, 9.17) is 0 Å². The highest BCUT2D eigenvalue weighted by atomic mass is 35.5. The Labute approximate surface area is 156 Å². The number of aromatic nitrogens is 3. The maximum atomic E-state index is 4.47. The Kier molecular flexibility index (Phi) is 3.98. The van der Waals surface area contributed by atoms with Crippen LogP contribution in [0.3, 0.4) is 0 Å². The van der Waals surface area contributed by atoms with E-state index in [1.807, 2.05) is 6.07 Å². The van der Waals surface area contributed by atoms with E-state index in [2.05, 4.69) is 81.8 Å². The van der Waals surface area contributed by atoms with Gasteiger partial charge in [-0.15, -0.1) is 12.4 Å². The summed E-state index contributed by atoms with van der Waals surface area (Å²) in [4.78, 5) is 12.2. The summed E-state index contributed by atoms with van der Waals surface area (Å²) in [7, 11) is 0. The van der Waals surface area contributed by atoms with Crippen molar-refractivity contribution in [3.05, 3.63) is 72.7 Å². The smallest absolute Gasteiger partial charge is 0.116 e. The van der Waals surface area contributed by atoms with Gasteiger partial charge >= 0.3 is 0 Å². The Bertz CT molecular complexity index is 1240. The largest absolute Gasteiger partial charge is 0.358 e. The molecule has 0 aliphatic heterocycles. The van der Waals surface area contributed by atoms with E-state index in [0.717, 1.165) is 39.0 Å². The van der Waals surface area contributed by atoms with Crippen LogP contribution in [0.15, 0.2) is 67.0 Å². The van der Waals surface area contributed by atoms with Gasteiger partial charge in [0.25, 0.3) is 0 Å². The zero-order valence-electron chi connectivity index (χ0n) is 14.2. The van der Waals surface area contributed by atoms with Gasteiger partial charge in [-0.25, -0.2) is 9.97 Å². The summed E-state index contributed by atoms with van der Waals surface area (Å²) in [5, 5.41) is 7.10. The van der Waals surface area contributed by atoms with Crippen LogP contribution in [0.1, 0.15) is 5.69 Å². The molecule has 2 aromatic heterocycles. The Morgan fingerprint density at radius 3 is 2.65 bits per heavy atom. The fraction of sp³-hybridized carbons (Fsp3) is 0.0476. The van der Waals surface area contributed by atoms with Crippen LogP contribution in [0.25, 0.3) is 32.7 Å². The van der Waals surface area contributed by atoms with Crippen molar-refractivity contribution in [2.24, 2.45) is 0 Å². The van der Waals surface area contributed by atoms with E-state index in [1.54, 1.807) is 6.33 Å². The lowest BCUT2D eigenvalue weighted by atomic mass is 10.1. The van der Waals surface area contributed by atoms with Crippen molar-refractivity contribution in [1.82, 2.24) is 15.0 Å². The molecular weight excluding hydrogens is 344 g/mol. The third kappa shape index (κ3) is 2.55. The van der Waals surface area contributed by atoms with Crippen LogP contribution in [0.4, 0.5) is 11.4 Å². The van der Waals surface area contributed by atoms with Crippen LogP contribution in [0.2, 0.25) is 0 Å².